The molecule has 0 heterocycles. The van der Waals surface area contributed by atoms with Gasteiger partial charge in [0.1, 0.15) is 6.10 Å². The highest BCUT2D eigenvalue weighted by Crippen LogP contribution is 2.01. The van der Waals surface area contributed by atoms with Crippen molar-refractivity contribution in [1.82, 2.24) is 0 Å². The third kappa shape index (κ3) is 4.39. The Morgan fingerprint density at radius 2 is 1.78 bits per heavy atom. The van der Waals surface area contributed by atoms with E-state index in [4.69, 9.17) is 15.3 Å². The molecule has 3 nitrogen and oxygen atoms in total. The van der Waals surface area contributed by atoms with E-state index in [1.807, 2.05) is 6.92 Å². The molecular weight excluding hydrogens is 120 g/mol. The van der Waals surface area contributed by atoms with Crippen molar-refractivity contribution in [2.24, 2.45) is 0 Å². The average molecular weight is 134 g/mol. The fourth-order valence-corrected chi connectivity index (χ4v) is 0.562. The van der Waals surface area contributed by atoms with E-state index in [9.17, 15) is 0 Å². The highest BCUT2D eigenvalue weighted by atomic mass is 16.5. The Hall–Kier alpha value is -0.120. The van der Waals surface area contributed by atoms with E-state index in [0.717, 1.165) is 12.8 Å². The van der Waals surface area contributed by atoms with Gasteiger partial charge < -0.3 is 15.3 Å². The van der Waals surface area contributed by atoms with Gasteiger partial charge in [-0.2, -0.15) is 0 Å². The fourth-order valence-electron chi connectivity index (χ4n) is 0.562. The minimum absolute atomic E-state index is 0.466. The first kappa shape index (κ1) is 8.88. The van der Waals surface area contributed by atoms with Crippen LogP contribution in [0.2, 0.25) is 0 Å². The topological polar surface area (TPSA) is 60.7 Å². The SMILES string of the molecule is CCCCC(O)C(O)O. The predicted octanol–water partition coefficient (Wildman–Crippen LogP) is -0.152. The van der Waals surface area contributed by atoms with Crippen molar-refractivity contribution in [3.63, 3.8) is 0 Å². The predicted molar refractivity (Wildman–Crippen MR) is 33.8 cm³/mol. The Balaban J connectivity index is 3.16. The molecule has 0 aromatic rings. The van der Waals surface area contributed by atoms with Crippen LogP contribution in [0.25, 0.3) is 0 Å². The molecule has 0 radical (unpaired) electrons. The van der Waals surface area contributed by atoms with Crippen LogP contribution in [0.15, 0.2) is 0 Å². The van der Waals surface area contributed by atoms with Gasteiger partial charge >= 0.3 is 0 Å². The maximum absolute atomic E-state index is 8.76. The average Bonchev–Trinajstić information content (AvgIpc) is 1.82. The summed E-state index contributed by atoms with van der Waals surface area (Å²) in [5.74, 6) is 0. The summed E-state index contributed by atoms with van der Waals surface area (Å²) in [6.45, 7) is 1.98. The summed E-state index contributed by atoms with van der Waals surface area (Å²) in [4.78, 5) is 0. The summed E-state index contributed by atoms with van der Waals surface area (Å²) in [6, 6.07) is 0. The summed E-state index contributed by atoms with van der Waals surface area (Å²) in [5, 5.41) is 25.5. The lowest BCUT2D eigenvalue weighted by Crippen LogP contribution is -2.24. The molecule has 1 atom stereocenters. The molecule has 3 heteroatoms. The van der Waals surface area contributed by atoms with Crippen LogP contribution < -0.4 is 0 Å². The number of unbranched alkanes of at least 4 members (excludes halogenated alkanes) is 1. The molecule has 0 bridgehead atoms. The normalized spacial score (nSPS) is 14.3. The van der Waals surface area contributed by atoms with Gasteiger partial charge in [-0.15, -0.1) is 0 Å². The molecule has 0 fully saturated rings. The van der Waals surface area contributed by atoms with Crippen LogP contribution in [0.1, 0.15) is 26.2 Å². The van der Waals surface area contributed by atoms with Gasteiger partial charge in [0.2, 0.25) is 0 Å². The number of hydrogen-bond acceptors (Lipinski definition) is 3. The van der Waals surface area contributed by atoms with E-state index in [0.29, 0.717) is 6.42 Å². The minimum Gasteiger partial charge on any atom is -0.388 e. The smallest absolute Gasteiger partial charge is 0.178 e. The first-order chi connectivity index (χ1) is 4.18. The minimum atomic E-state index is -1.57. The molecule has 1 unspecified atom stereocenters. The van der Waals surface area contributed by atoms with Crippen LogP contribution in [0, 0.1) is 0 Å². The Morgan fingerprint density at radius 3 is 2.11 bits per heavy atom. The zero-order chi connectivity index (χ0) is 7.28. The highest BCUT2D eigenvalue weighted by molar-refractivity contribution is 4.55. The zero-order valence-corrected chi connectivity index (χ0v) is 5.62. The van der Waals surface area contributed by atoms with E-state index in [1.54, 1.807) is 0 Å². The monoisotopic (exact) mass is 134 g/mol. The molecule has 56 valence electrons. The first-order valence-corrected chi connectivity index (χ1v) is 3.22. The van der Waals surface area contributed by atoms with E-state index >= 15 is 0 Å². The van der Waals surface area contributed by atoms with Crippen LogP contribution in [0.3, 0.4) is 0 Å². The van der Waals surface area contributed by atoms with Gasteiger partial charge in [0, 0.05) is 0 Å². The third-order valence-electron chi connectivity index (χ3n) is 1.20. The number of aliphatic hydroxyl groups is 3. The van der Waals surface area contributed by atoms with Crippen LogP contribution in [0.4, 0.5) is 0 Å². The van der Waals surface area contributed by atoms with Crippen molar-refractivity contribution in [2.45, 2.75) is 38.6 Å². The van der Waals surface area contributed by atoms with E-state index in [1.165, 1.54) is 0 Å². The van der Waals surface area contributed by atoms with Crippen molar-refractivity contribution < 1.29 is 15.3 Å². The molecule has 0 rings (SSSR count). The second-order valence-corrected chi connectivity index (χ2v) is 2.12. The van der Waals surface area contributed by atoms with Gasteiger partial charge in [-0.25, -0.2) is 0 Å². The van der Waals surface area contributed by atoms with Crippen LogP contribution in [-0.2, 0) is 0 Å². The zero-order valence-electron chi connectivity index (χ0n) is 5.62. The molecule has 0 aromatic heterocycles. The van der Waals surface area contributed by atoms with Crippen LogP contribution >= 0.6 is 0 Å². The number of rotatable bonds is 4. The summed E-state index contributed by atoms with van der Waals surface area (Å²) in [6.07, 6.45) is -0.280. The maximum atomic E-state index is 8.76. The molecule has 0 aliphatic carbocycles. The lowest BCUT2D eigenvalue weighted by atomic mass is 10.1. The molecule has 9 heavy (non-hydrogen) atoms. The van der Waals surface area contributed by atoms with Gasteiger partial charge in [0.25, 0.3) is 0 Å². The number of hydrogen-bond donors (Lipinski definition) is 3. The lowest BCUT2D eigenvalue weighted by Gasteiger charge is -2.10. The molecule has 0 amide bonds. The molecular formula is C6H14O3. The Labute approximate surface area is 54.9 Å². The van der Waals surface area contributed by atoms with Crippen LogP contribution in [0.5, 0.6) is 0 Å². The van der Waals surface area contributed by atoms with Crippen molar-refractivity contribution in [1.29, 1.82) is 0 Å². The molecule has 0 aliphatic rings. The second kappa shape index (κ2) is 4.73. The quantitative estimate of drug-likeness (QED) is 0.468. The Bertz CT molecular complexity index is 63.3. The van der Waals surface area contributed by atoms with E-state index in [2.05, 4.69) is 0 Å². The van der Waals surface area contributed by atoms with Gasteiger partial charge in [-0.3, -0.25) is 0 Å². The summed E-state index contributed by atoms with van der Waals surface area (Å²) in [7, 11) is 0. The van der Waals surface area contributed by atoms with Crippen molar-refractivity contribution in [2.75, 3.05) is 0 Å². The molecule has 0 saturated heterocycles. The highest BCUT2D eigenvalue weighted by Gasteiger charge is 2.10. The van der Waals surface area contributed by atoms with Crippen molar-refractivity contribution in [3.8, 4) is 0 Å². The second-order valence-electron chi connectivity index (χ2n) is 2.12. The third-order valence-corrected chi connectivity index (χ3v) is 1.20. The maximum Gasteiger partial charge on any atom is 0.178 e. The standard InChI is InChI=1S/C6H14O3/c1-2-3-4-5(7)6(8)9/h5-9H,2-4H2,1H3. The van der Waals surface area contributed by atoms with Gasteiger partial charge in [-0.1, -0.05) is 19.8 Å². The van der Waals surface area contributed by atoms with Gasteiger partial charge in [-0.05, 0) is 6.42 Å². The van der Waals surface area contributed by atoms with Crippen molar-refractivity contribution >= 4 is 0 Å². The van der Waals surface area contributed by atoms with Gasteiger partial charge in [0.05, 0.1) is 0 Å². The first-order valence-electron chi connectivity index (χ1n) is 3.22. The Morgan fingerprint density at radius 1 is 1.22 bits per heavy atom. The number of aliphatic hydroxyl groups excluding tert-OH is 2. The van der Waals surface area contributed by atoms with Gasteiger partial charge in [0.15, 0.2) is 6.29 Å². The summed E-state index contributed by atoms with van der Waals surface area (Å²) in [5.41, 5.74) is 0. The van der Waals surface area contributed by atoms with E-state index in [-0.39, 0.29) is 0 Å². The molecule has 0 aromatic carbocycles. The molecule has 0 aliphatic heterocycles. The lowest BCUT2D eigenvalue weighted by molar-refractivity contribution is -0.124. The molecule has 3 N–H and O–H groups in total. The Kier molecular flexibility index (Phi) is 4.67. The van der Waals surface area contributed by atoms with E-state index < -0.39 is 12.4 Å². The molecule has 0 saturated carbocycles. The summed E-state index contributed by atoms with van der Waals surface area (Å²) < 4.78 is 0. The summed E-state index contributed by atoms with van der Waals surface area (Å²) >= 11 is 0. The molecule has 0 spiro atoms. The van der Waals surface area contributed by atoms with Crippen molar-refractivity contribution in [3.05, 3.63) is 0 Å². The van der Waals surface area contributed by atoms with Crippen LogP contribution in [-0.4, -0.2) is 27.7 Å². The fraction of sp³-hybridized carbons (Fsp3) is 1.00. The largest absolute Gasteiger partial charge is 0.388 e.